The van der Waals surface area contributed by atoms with Gasteiger partial charge in [0.15, 0.2) is 5.82 Å². The zero-order valence-electron chi connectivity index (χ0n) is 16.3. The van der Waals surface area contributed by atoms with Crippen molar-refractivity contribution in [1.29, 1.82) is 0 Å². The van der Waals surface area contributed by atoms with Crippen LogP contribution in [0.3, 0.4) is 0 Å². The van der Waals surface area contributed by atoms with Gasteiger partial charge in [-0.2, -0.15) is 5.10 Å². The van der Waals surface area contributed by atoms with Gasteiger partial charge in [-0.3, -0.25) is 15.0 Å². The van der Waals surface area contributed by atoms with Crippen LogP contribution in [0.4, 0.5) is 5.82 Å². The predicted molar refractivity (Wildman–Crippen MR) is 112 cm³/mol. The maximum Gasteiger partial charge on any atom is 0.156 e. The molecule has 5 rings (SSSR count). The van der Waals surface area contributed by atoms with E-state index in [-0.39, 0.29) is 0 Å². The molecule has 0 aliphatic carbocycles. The van der Waals surface area contributed by atoms with E-state index >= 15 is 0 Å². The van der Waals surface area contributed by atoms with Gasteiger partial charge in [-0.15, -0.1) is 0 Å². The number of pyridine rings is 2. The molecule has 1 fully saturated rings. The van der Waals surface area contributed by atoms with Crippen molar-refractivity contribution >= 4 is 16.7 Å². The zero-order valence-corrected chi connectivity index (χ0v) is 16.3. The van der Waals surface area contributed by atoms with E-state index in [1.54, 1.807) is 12.4 Å². The highest BCUT2D eigenvalue weighted by Gasteiger charge is 2.14. The first-order chi connectivity index (χ1) is 14.3. The van der Waals surface area contributed by atoms with Crippen molar-refractivity contribution in [3.05, 3.63) is 54.7 Å². The summed E-state index contributed by atoms with van der Waals surface area (Å²) in [5.74, 6) is 1.68. The first-order valence-corrected chi connectivity index (χ1v) is 9.89. The van der Waals surface area contributed by atoms with Crippen LogP contribution in [0.1, 0.15) is 25.0 Å². The Hall–Kier alpha value is -3.39. The van der Waals surface area contributed by atoms with E-state index in [0.717, 1.165) is 59.1 Å². The molecule has 0 saturated carbocycles. The maximum atomic E-state index is 4.86. The van der Waals surface area contributed by atoms with Crippen LogP contribution in [-0.4, -0.2) is 42.8 Å². The van der Waals surface area contributed by atoms with Crippen molar-refractivity contribution in [2.75, 3.05) is 18.1 Å². The minimum absolute atomic E-state index is 0.745. The lowest BCUT2D eigenvalue weighted by Crippen LogP contribution is -2.38. The van der Waals surface area contributed by atoms with Crippen LogP contribution >= 0.6 is 0 Å². The van der Waals surface area contributed by atoms with E-state index in [4.69, 9.17) is 4.98 Å². The van der Waals surface area contributed by atoms with E-state index in [1.165, 1.54) is 12.8 Å². The number of hydrazine groups is 1. The van der Waals surface area contributed by atoms with Crippen LogP contribution in [0.15, 0.2) is 49.1 Å². The molecule has 0 amide bonds. The second-order valence-corrected chi connectivity index (χ2v) is 7.20. The van der Waals surface area contributed by atoms with Gasteiger partial charge in [-0.1, -0.05) is 12.5 Å². The molecule has 1 aliphatic heterocycles. The second-order valence-electron chi connectivity index (χ2n) is 7.20. The third-order valence-corrected chi connectivity index (χ3v) is 5.04. The minimum atomic E-state index is 0.745. The SMILES string of the molecule is Cc1cncc(-c2cc3c(cn2)cnn3-c2cccc(N3CCCCCN3)n2)n1. The molecule has 1 N–H and O–H groups in total. The molecule has 0 unspecified atom stereocenters. The molecule has 4 aromatic heterocycles. The van der Waals surface area contributed by atoms with E-state index in [2.05, 4.69) is 30.5 Å². The van der Waals surface area contributed by atoms with Gasteiger partial charge in [0.2, 0.25) is 0 Å². The van der Waals surface area contributed by atoms with Crippen molar-refractivity contribution in [2.24, 2.45) is 0 Å². The topological polar surface area (TPSA) is 84.7 Å². The average molecular weight is 386 g/mol. The molecular formula is C21H22N8. The molecule has 0 bridgehead atoms. The van der Waals surface area contributed by atoms with Crippen molar-refractivity contribution in [1.82, 2.24) is 35.1 Å². The Morgan fingerprint density at radius 2 is 1.86 bits per heavy atom. The molecule has 8 nitrogen and oxygen atoms in total. The summed E-state index contributed by atoms with van der Waals surface area (Å²) in [6.45, 7) is 3.85. The highest BCUT2D eigenvalue weighted by atomic mass is 15.5. The smallest absolute Gasteiger partial charge is 0.156 e. The van der Waals surface area contributed by atoms with Crippen LogP contribution in [0.5, 0.6) is 0 Å². The lowest BCUT2D eigenvalue weighted by molar-refractivity contribution is 0.651. The fraction of sp³-hybridized carbons (Fsp3) is 0.286. The lowest BCUT2D eigenvalue weighted by atomic mass is 10.2. The van der Waals surface area contributed by atoms with Gasteiger partial charge in [0, 0.05) is 30.9 Å². The zero-order chi connectivity index (χ0) is 19.6. The highest BCUT2D eigenvalue weighted by molar-refractivity contribution is 5.82. The normalized spacial score (nSPS) is 14.9. The third kappa shape index (κ3) is 3.54. The Bertz CT molecular complexity index is 1140. The molecule has 0 radical (unpaired) electrons. The first-order valence-electron chi connectivity index (χ1n) is 9.89. The first kappa shape index (κ1) is 17.7. The standard InChI is InChI=1S/C21H22N8/c1-15-11-22-14-18(26-15)17-10-19-16(12-23-17)13-25-29(19)21-7-5-6-20(27-21)28-9-4-2-3-8-24-28/h5-7,10-14,24H,2-4,8-9H2,1H3. The predicted octanol–water partition coefficient (Wildman–Crippen LogP) is 3.08. The summed E-state index contributed by atoms with van der Waals surface area (Å²) in [5.41, 5.74) is 6.76. The number of aryl methyl sites for hydroxylation is 1. The molecule has 4 aromatic rings. The Morgan fingerprint density at radius 3 is 2.79 bits per heavy atom. The summed E-state index contributed by atoms with van der Waals surface area (Å²) < 4.78 is 1.85. The van der Waals surface area contributed by atoms with Gasteiger partial charge >= 0.3 is 0 Å². The number of nitrogens with zero attached hydrogens (tertiary/aromatic N) is 7. The second kappa shape index (κ2) is 7.56. The largest absolute Gasteiger partial charge is 0.292 e. The van der Waals surface area contributed by atoms with Gasteiger partial charge in [0.05, 0.1) is 29.3 Å². The molecule has 29 heavy (non-hydrogen) atoms. The number of nitrogens with one attached hydrogen (secondary N) is 1. The molecule has 0 aromatic carbocycles. The maximum absolute atomic E-state index is 4.86. The number of aromatic nitrogens is 6. The fourth-order valence-electron chi connectivity index (χ4n) is 3.57. The molecule has 0 spiro atoms. The Balaban J connectivity index is 1.55. The van der Waals surface area contributed by atoms with Crippen LogP contribution < -0.4 is 10.4 Å². The van der Waals surface area contributed by atoms with E-state index in [1.807, 2.05) is 48.3 Å². The molecule has 146 valence electrons. The summed E-state index contributed by atoms with van der Waals surface area (Å²) in [6.07, 6.45) is 10.7. The summed E-state index contributed by atoms with van der Waals surface area (Å²) >= 11 is 0. The highest BCUT2D eigenvalue weighted by Crippen LogP contribution is 2.23. The fourth-order valence-corrected chi connectivity index (χ4v) is 3.57. The summed E-state index contributed by atoms with van der Waals surface area (Å²) in [6, 6.07) is 8.01. The van der Waals surface area contributed by atoms with Gasteiger partial charge in [-0.05, 0) is 38.0 Å². The van der Waals surface area contributed by atoms with E-state index in [9.17, 15) is 0 Å². The van der Waals surface area contributed by atoms with Crippen LogP contribution in [0.25, 0.3) is 28.1 Å². The summed E-state index contributed by atoms with van der Waals surface area (Å²) in [5, 5.41) is 7.65. The Morgan fingerprint density at radius 1 is 0.931 bits per heavy atom. The van der Waals surface area contributed by atoms with E-state index in [0.29, 0.717) is 0 Å². The van der Waals surface area contributed by atoms with Gasteiger partial charge in [0.1, 0.15) is 11.5 Å². The summed E-state index contributed by atoms with van der Waals surface area (Å²) in [4.78, 5) is 18.2. The minimum Gasteiger partial charge on any atom is -0.292 e. The van der Waals surface area contributed by atoms with Gasteiger partial charge in [-0.25, -0.2) is 20.1 Å². The van der Waals surface area contributed by atoms with Crippen LogP contribution in [0.2, 0.25) is 0 Å². The molecule has 1 aliphatic rings. The monoisotopic (exact) mass is 386 g/mol. The van der Waals surface area contributed by atoms with Crippen molar-refractivity contribution < 1.29 is 0 Å². The third-order valence-electron chi connectivity index (χ3n) is 5.04. The number of fused-ring (bicyclic) bond motifs is 1. The summed E-state index contributed by atoms with van der Waals surface area (Å²) in [7, 11) is 0. The number of rotatable bonds is 3. The lowest BCUT2D eigenvalue weighted by Gasteiger charge is -2.22. The Labute approximate surface area is 168 Å². The molecule has 5 heterocycles. The quantitative estimate of drug-likeness (QED) is 0.579. The van der Waals surface area contributed by atoms with Crippen molar-refractivity contribution in [3.63, 3.8) is 0 Å². The molecule has 1 saturated heterocycles. The van der Waals surface area contributed by atoms with Crippen LogP contribution in [-0.2, 0) is 0 Å². The average Bonchev–Trinajstić information content (AvgIpc) is 2.98. The van der Waals surface area contributed by atoms with Crippen molar-refractivity contribution in [2.45, 2.75) is 26.2 Å². The van der Waals surface area contributed by atoms with Gasteiger partial charge in [0.25, 0.3) is 0 Å². The molecule has 0 atom stereocenters. The molecule has 8 heteroatoms. The Kier molecular flexibility index (Phi) is 4.61. The van der Waals surface area contributed by atoms with Crippen LogP contribution in [0, 0.1) is 6.92 Å². The van der Waals surface area contributed by atoms with Crippen molar-refractivity contribution in [3.8, 4) is 17.2 Å². The number of hydrogen-bond acceptors (Lipinski definition) is 7. The van der Waals surface area contributed by atoms with Gasteiger partial charge < -0.3 is 0 Å². The number of hydrogen-bond donors (Lipinski definition) is 1. The van der Waals surface area contributed by atoms with E-state index < -0.39 is 0 Å². The number of anilines is 1. The molecular weight excluding hydrogens is 364 g/mol.